The zero-order chi connectivity index (χ0) is 20.2. The minimum Gasteiger partial charge on any atom is -0.497 e. The third-order valence-corrected chi connectivity index (χ3v) is 5.54. The average Bonchev–Trinajstić information content (AvgIpc) is 3.34. The van der Waals surface area contributed by atoms with E-state index in [4.69, 9.17) is 21.4 Å². The van der Waals surface area contributed by atoms with Crippen LogP contribution in [0.3, 0.4) is 0 Å². The van der Waals surface area contributed by atoms with Crippen molar-refractivity contribution in [3.05, 3.63) is 89.9 Å². The summed E-state index contributed by atoms with van der Waals surface area (Å²) in [7, 11) is 1.64. The summed E-state index contributed by atoms with van der Waals surface area (Å²) in [5.41, 5.74) is 2.17. The summed E-state index contributed by atoms with van der Waals surface area (Å²) in [6.07, 6.45) is 2.21. The average molecular weight is 407 g/mol. The number of methoxy groups -OCH3 is 1. The van der Waals surface area contributed by atoms with Gasteiger partial charge in [0.2, 0.25) is 0 Å². The minimum absolute atomic E-state index is 0.00349. The molecule has 0 radical (unpaired) electrons. The molecule has 5 nitrogen and oxygen atoms in total. The third kappa shape index (κ3) is 4.17. The summed E-state index contributed by atoms with van der Waals surface area (Å²) in [5, 5.41) is 0.531. The van der Waals surface area contributed by atoms with E-state index in [9.17, 15) is 4.79 Å². The van der Waals surface area contributed by atoms with Crippen LogP contribution in [0.2, 0.25) is 0 Å². The summed E-state index contributed by atoms with van der Waals surface area (Å²) < 4.78 is 10.7. The number of furan rings is 1. The molecule has 0 saturated carbocycles. The molecule has 0 aliphatic carbocycles. The van der Waals surface area contributed by atoms with Crippen molar-refractivity contribution in [3.63, 3.8) is 0 Å². The topological polar surface area (TPSA) is 45.9 Å². The van der Waals surface area contributed by atoms with Gasteiger partial charge in [-0.3, -0.25) is 9.69 Å². The van der Waals surface area contributed by atoms with E-state index in [-0.39, 0.29) is 11.9 Å². The van der Waals surface area contributed by atoms with Crippen LogP contribution in [-0.4, -0.2) is 34.0 Å². The SMILES string of the molecule is COc1ccc(CN2C(=S)N(Cc3ccco3)C(=O)[C@@H]2Cc2ccccc2)cc1. The largest absolute Gasteiger partial charge is 0.497 e. The lowest BCUT2D eigenvalue weighted by atomic mass is 10.0. The molecular formula is C23H22N2O3S. The first-order valence-electron chi connectivity index (χ1n) is 9.47. The van der Waals surface area contributed by atoms with Crippen molar-refractivity contribution in [1.82, 2.24) is 9.80 Å². The maximum absolute atomic E-state index is 13.3. The molecule has 2 heterocycles. The number of benzene rings is 2. The highest BCUT2D eigenvalue weighted by Gasteiger charge is 2.42. The quantitative estimate of drug-likeness (QED) is 0.555. The molecule has 0 bridgehead atoms. The van der Waals surface area contributed by atoms with Crippen LogP contribution in [-0.2, 0) is 24.3 Å². The lowest BCUT2D eigenvalue weighted by Crippen LogP contribution is -2.36. The Labute approximate surface area is 175 Å². The van der Waals surface area contributed by atoms with Gasteiger partial charge in [0, 0.05) is 13.0 Å². The highest BCUT2D eigenvalue weighted by atomic mass is 32.1. The zero-order valence-corrected chi connectivity index (χ0v) is 17.0. The maximum atomic E-state index is 13.3. The van der Waals surface area contributed by atoms with Gasteiger partial charge in [0.05, 0.1) is 19.9 Å². The Morgan fingerprint density at radius 1 is 0.966 bits per heavy atom. The highest BCUT2D eigenvalue weighted by molar-refractivity contribution is 7.80. The second-order valence-corrected chi connectivity index (χ2v) is 7.33. The fourth-order valence-corrected chi connectivity index (χ4v) is 3.89. The van der Waals surface area contributed by atoms with E-state index in [1.54, 1.807) is 18.3 Å². The first-order chi connectivity index (χ1) is 14.2. The second kappa shape index (κ2) is 8.49. The molecule has 0 spiro atoms. The van der Waals surface area contributed by atoms with Crippen LogP contribution in [0.5, 0.6) is 5.75 Å². The lowest BCUT2D eigenvalue weighted by Gasteiger charge is -2.24. The van der Waals surface area contributed by atoms with Crippen molar-refractivity contribution in [2.75, 3.05) is 7.11 Å². The van der Waals surface area contributed by atoms with Crippen molar-refractivity contribution in [1.29, 1.82) is 0 Å². The molecule has 1 saturated heterocycles. The van der Waals surface area contributed by atoms with Gasteiger partial charge < -0.3 is 14.1 Å². The van der Waals surface area contributed by atoms with Crippen LogP contribution in [0.25, 0.3) is 0 Å². The zero-order valence-electron chi connectivity index (χ0n) is 16.2. The fourth-order valence-electron chi connectivity index (χ4n) is 3.54. The monoisotopic (exact) mass is 406 g/mol. The first kappa shape index (κ1) is 19.2. The van der Waals surface area contributed by atoms with Crippen LogP contribution < -0.4 is 4.74 Å². The predicted molar refractivity (Wildman–Crippen MR) is 114 cm³/mol. The lowest BCUT2D eigenvalue weighted by molar-refractivity contribution is -0.128. The summed E-state index contributed by atoms with van der Waals surface area (Å²) in [5.74, 6) is 1.52. The molecule has 6 heteroatoms. The van der Waals surface area contributed by atoms with Gasteiger partial charge in [-0.15, -0.1) is 0 Å². The molecule has 1 amide bonds. The Morgan fingerprint density at radius 2 is 1.72 bits per heavy atom. The Balaban J connectivity index is 1.60. The van der Waals surface area contributed by atoms with Gasteiger partial charge in [-0.2, -0.15) is 0 Å². The molecule has 1 aliphatic rings. The number of nitrogens with zero attached hydrogens (tertiary/aromatic N) is 2. The Bertz CT molecular complexity index is 971. The standard InChI is InChI=1S/C23H22N2O3S/c1-27-19-11-9-18(10-12-19)15-24-21(14-17-6-3-2-4-7-17)22(26)25(23(24)29)16-20-8-5-13-28-20/h2-13,21H,14-16H2,1H3/t21-/m0/s1. The minimum atomic E-state index is -0.345. The summed E-state index contributed by atoms with van der Waals surface area (Å²) in [6.45, 7) is 0.899. The van der Waals surface area contributed by atoms with Gasteiger partial charge in [0.1, 0.15) is 17.6 Å². The van der Waals surface area contributed by atoms with Crippen molar-refractivity contribution >= 4 is 23.2 Å². The first-order valence-corrected chi connectivity index (χ1v) is 9.88. The molecule has 1 fully saturated rings. The summed E-state index contributed by atoms with van der Waals surface area (Å²) >= 11 is 5.72. The summed E-state index contributed by atoms with van der Waals surface area (Å²) in [6, 6.07) is 21.2. The second-order valence-electron chi connectivity index (χ2n) is 6.97. The molecule has 3 aromatic rings. The van der Waals surface area contributed by atoms with Crippen LogP contribution in [0.1, 0.15) is 16.9 Å². The number of ether oxygens (including phenoxy) is 1. The van der Waals surface area contributed by atoms with Crippen LogP contribution >= 0.6 is 12.2 Å². The van der Waals surface area contributed by atoms with E-state index >= 15 is 0 Å². The van der Waals surface area contributed by atoms with Crippen LogP contribution in [0.15, 0.2) is 77.4 Å². The molecule has 29 heavy (non-hydrogen) atoms. The van der Waals surface area contributed by atoms with E-state index in [0.29, 0.717) is 30.4 Å². The number of thiocarbonyl (C=S) groups is 1. The molecule has 0 unspecified atom stereocenters. The Kier molecular flexibility index (Phi) is 5.62. The smallest absolute Gasteiger partial charge is 0.252 e. The van der Waals surface area contributed by atoms with E-state index in [2.05, 4.69) is 0 Å². The summed E-state index contributed by atoms with van der Waals surface area (Å²) in [4.78, 5) is 16.9. The molecule has 1 atom stereocenters. The number of rotatable bonds is 7. The van der Waals surface area contributed by atoms with E-state index in [1.165, 1.54) is 0 Å². The van der Waals surface area contributed by atoms with Crippen molar-refractivity contribution in [2.24, 2.45) is 0 Å². The Morgan fingerprint density at radius 3 is 2.38 bits per heavy atom. The van der Waals surface area contributed by atoms with Crippen LogP contribution in [0.4, 0.5) is 0 Å². The van der Waals surface area contributed by atoms with Gasteiger partial charge in [0.25, 0.3) is 5.91 Å². The molecule has 1 aliphatic heterocycles. The van der Waals surface area contributed by atoms with Gasteiger partial charge in [-0.1, -0.05) is 42.5 Å². The van der Waals surface area contributed by atoms with E-state index in [0.717, 1.165) is 16.9 Å². The van der Waals surface area contributed by atoms with E-state index in [1.807, 2.05) is 71.6 Å². The molecule has 4 rings (SSSR count). The van der Waals surface area contributed by atoms with E-state index < -0.39 is 0 Å². The molecule has 148 valence electrons. The van der Waals surface area contributed by atoms with Crippen molar-refractivity contribution in [2.45, 2.75) is 25.6 Å². The molecule has 2 aromatic carbocycles. The van der Waals surface area contributed by atoms with Crippen molar-refractivity contribution in [3.8, 4) is 5.75 Å². The number of carbonyl (C=O) groups is 1. The third-order valence-electron chi connectivity index (χ3n) is 5.08. The molecule has 1 aromatic heterocycles. The van der Waals surface area contributed by atoms with Gasteiger partial charge >= 0.3 is 0 Å². The van der Waals surface area contributed by atoms with Crippen LogP contribution in [0, 0.1) is 0 Å². The number of carbonyl (C=O) groups excluding carboxylic acids is 1. The van der Waals surface area contributed by atoms with Gasteiger partial charge in [-0.25, -0.2) is 0 Å². The number of hydrogen-bond donors (Lipinski definition) is 0. The molecule has 0 N–H and O–H groups in total. The van der Waals surface area contributed by atoms with Gasteiger partial charge in [-0.05, 0) is 47.6 Å². The number of amides is 1. The van der Waals surface area contributed by atoms with Crippen molar-refractivity contribution < 1.29 is 13.9 Å². The normalized spacial score (nSPS) is 16.5. The highest BCUT2D eigenvalue weighted by Crippen LogP contribution is 2.26. The predicted octanol–water partition coefficient (Wildman–Crippen LogP) is 4.03. The number of hydrogen-bond acceptors (Lipinski definition) is 4. The Hall–Kier alpha value is -3.12. The molecular weight excluding hydrogens is 384 g/mol. The van der Waals surface area contributed by atoms with Gasteiger partial charge in [0.15, 0.2) is 5.11 Å². The maximum Gasteiger partial charge on any atom is 0.252 e. The fraction of sp³-hybridized carbons (Fsp3) is 0.217.